The van der Waals surface area contributed by atoms with Crippen LogP contribution in [-0.4, -0.2) is 27.1 Å². The molecule has 0 aliphatic carbocycles. The molecule has 1 aromatic heterocycles. The molecule has 0 amide bonds. The van der Waals surface area contributed by atoms with Crippen LogP contribution in [0.5, 0.6) is 0 Å². The highest BCUT2D eigenvalue weighted by Crippen LogP contribution is 2.27. The van der Waals surface area contributed by atoms with Gasteiger partial charge in [0.25, 0.3) is 0 Å². The maximum Gasteiger partial charge on any atom is 0.335 e. The largest absolute Gasteiger partial charge is 0.478 e. The van der Waals surface area contributed by atoms with Crippen LogP contribution in [0.15, 0.2) is 54.6 Å². The molecule has 1 heterocycles. The van der Waals surface area contributed by atoms with Gasteiger partial charge in [-0.1, -0.05) is 18.2 Å². The summed E-state index contributed by atoms with van der Waals surface area (Å²) in [7, 11) is 0. The fourth-order valence-corrected chi connectivity index (χ4v) is 3.12. The first-order valence-electron chi connectivity index (χ1n) is 8.77. The minimum atomic E-state index is -1.06. The number of aromatic carboxylic acids is 2. The fraction of sp³-hybridized carbons (Fsp3) is 0.0435. The number of H-pyrrole nitrogens is 1. The third kappa shape index (κ3) is 3.82. The minimum Gasteiger partial charge on any atom is -0.478 e. The van der Waals surface area contributed by atoms with Gasteiger partial charge in [-0.25, -0.2) is 9.59 Å². The predicted octanol–water partition coefficient (Wildman–Crippen LogP) is 4.46. The molecule has 0 fully saturated rings. The molecule has 0 spiro atoms. The summed E-state index contributed by atoms with van der Waals surface area (Å²) < 4.78 is 0. The number of nitrogens with one attached hydrogen (secondary N) is 1. The van der Waals surface area contributed by atoms with Gasteiger partial charge in [0.05, 0.1) is 22.3 Å². The number of rotatable bonds is 2. The lowest BCUT2D eigenvalue weighted by Gasteiger charge is -2.01. The van der Waals surface area contributed by atoms with E-state index in [1.54, 1.807) is 19.1 Å². The Morgan fingerprint density at radius 1 is 0.833 bits per heavy atom. The summed E-state index contributed by atoms with van der Waals surface area (Å²) in [4.78, 5) is 24.3. The fourth-order valence-electron chi connectivity index (χ4n) is 3.12. The van der Waals surface area contributed by atoms with Gasteiger partial charge in [-0.2, -0.15) is 10.5 Å². The zero-order valence-electron chi connectivity index (χ0n) is 15.8. The second-order valence-electron chi connectivity index (χ2n) is 6.48. The van der Waals surface area contributed by atoms with Crippen molar-refractivity contribution >= 4 is 33.7 Å². The first-order chi connectivity index (χ1) is 14.3. The topological polar surface area (TPSA) is 138 Å². The zero-order chi connectivity index (χ0) is 21.8. The summed E-state index contributed by atoms with van der Waals surface area (Å²) >= 11 is 0. The summed E-state index contributed by atoms with van der Waals surface area (Å²) in [6.07, 6.45) is 0. The minimum absolute atomic E-state index is 0.0995. The molecule has 30 heavy (non-hydrogen) atoms. The Kier molecular flexibility index (Phi) is 5.48. The van der Waals surface area contributed by atoms with Gasteiger partial charge in [-0.15, -0.1) is 0 Å². The second kappa shape index (κ2) is 8.17. The van der Waals surface area contributed by atoms with E-state index in [2.05, 4.69) is 11.1 Å². The number of aryl methyl sites for hydroxylation is 1. The van der Waals surface area contributed by atoms with E-state index in [4.69, 9.17) is 20.7 Å². The van der Waals surface area contributed by atoms with Gasteiger partial charge in [-0.3, -0.25) is 0 Å². The van der Waals surface area contributed by atoms with Crippen molar-refractivity contribution in [3.05, 3.63) is 82.4 Å². The molecule has 3 N–H and O–H groups in total. The van der Waals surface area contributed by atoms with E-state index in [0.29, 0.717) is 16.7 Å². The molecular formula is C23H15N3O4. The molecule has 0 aliphatic rings. The van der Waals surface area contributed by atoms with E-state index in [1.807, 2.05) is 30.3 Å². The van der Waals surface area contributed by atoms with Crippen LogP contribution in [0.3, 0.4) is 0 Å². The Morgan fingerprint density at radius 2 is 1.50 bits per heavy atom. The molecule has 4 aromatic rings. The predicted molar refractivity (Wildman–Crippen MR) is 110 cm³/mol. The number of nitriles is 2. The molecular weight excluding hydrogens is 382 g/mol. The van der Waals surface area contributed by atoms with Crippen molar-refractivity contribution in [1.29, 1.82) is 10.5 Å². The smallest absolute Gasteiger partial charge is 0.335 e. The number of carboxylic acid groups (broad SMARTS) is 2. The SMILES string of the molecule is Cc1cc(C(=O)O)ccc1C(=O)O.N#Cc1cc2[nH]c3ccccc3c2cc1C#N. The third-order valence-electron chi connectivity index (χ3n) is 4.59. The Morgan fingerprint density at radius 3 is 2.10 bits per heavy atom. The summed E-state index contributed by atoms with van der Waals surface area (Å²) in [5.74, 6) is -2.10. The standard InChI is InChI=1S/C14H7N3.C9H8O4/c15-7-9-5-12-11-3-1-2-4-13(11)17-14(12)6-10(9)8-16;1-5-4-6(8(10)11)2-3-7(5)9(12)13/h1-6,17H;2-4H,1H3,(H,10,11)(H,12,13). The summed E-state index contributed by atoms with van der Waals surface area (Å²) in [6.45, 7) is 1.57. The molecule has 0 radical (unpaired) electrons. The number of para-hydroxylation sites is 1. The Bertz CT molecular complexity index is 1390. The Labute approximate surface area is 171 Å². The summed E-state index contributed by atoms with van der Waals surface area (Å²) in [5, 5.41) is 37.3. The van der Waals surface area contributed by atoms with Gasteiger partial charge in [0, 0.05) is 21.8 Å². The van der Waals surface area contributed by atoms with E-state index < -0.39 is 11.9 Å². The van der Waals surface area contributed by atoms with E-state index in [1.165, 1.54) is 18.2 Å². The Hall–Kier alpha value is -4.62. The van der Waals surface area contributed by atoms with Crippen LogP contribution in [0.4, 0.5) is 0 Å². The number of hydrogen-bond acceptors (Lipinski definition) is 4. The maximum absolute atomic E-state index is 10.6. The number of aromatic amines is 1. The number of nitrogens with zero attached hydrogens (tertiary/aromatic N) is 2. The normalized spacial score (nSPS) is 9.97. The number of hydrogen-bond donors (Lipinski definition) is 3. The quantitative estimate of drug-likeness (QED) is 0.457. The first-order valence-corrected chi connectivity index (χ1v) is 8.77. The van der Waals surface area contributed by atoms with Crippen LogP contribution in [0.25, 0.3) is 21.8 Å². The zero-order valence-corrected chi connectivity index (χ0v) is 15.8. The van der Waals surface area contributed by atoms with Gasteiger partial charge in [0.2, 0.25) is 0 Å². The first kappa shape index (κ1) is 20.1. The monoisotopic (exact) mass is 397 g/mol. The van der Waals surface area contributed by atoms with Crippen LogP contribution in [0, 0.1) is 29.6 Å². The van der Waals surface area contributed by atoms with Crippen molar-refractivity contribution in [2.75, 3.05) is 0 Å². The highest BCUT2D eigenvalue weighted by Gasteiger charge is 2.10. The van der Waals surface area contributed by atoms with E-state index in [9.17, 15) is 9.59 Å². The van der Waals surface area contributed by atoms with Crippen molar-refractivity contribution in [3.63, 3.8) is 0 Å². The summed E-state index contributed by atoms with van der Waals surface area (Å²) in [6, 6.07) is 19.4. The molecule has 3 aromatic carbocycles. The number of fused-ring (bicyclic) bond motifs is 3. The Balaban J connectivity index is 0.000000178. The molecule has 0 bridgehead atoms. The van der Waals surface area contributed by atoms with Crippen molar-refractivity contribution in [1.82, 2.24) is 4.98 Å². The third-order valence-corrected chi connectivity index (χ3v) is 4.59. The maximum atomic E-state index is 10.6. The van der Waals surface area contributed by atoms with Crippen molar-refractivity contribution in [2.24, 2.45) is 0 Å². The number of aromatic nitrogens is 1. The lowest BCUT2D eigenvalue weighted by atomic mass is 10.1. The van der Waals surface area contributed by atoms with Crippen molar-refractivity contribution < 1.29 is 19.8 Å². The van der Waals surface area contributed by atoms with Crippen LogP contribution < -0.4 is 0 Å². The van der Waals surface area contributed by atoms with Gasteiger partial charge in [0.15, 0.2) is 0 Å². The van der Waals surface area contributed by atoms with Crippen LogP contribution >= 0.6 is 0 Å². The summed E-state index contributed by atoms with van der Waals surface area (Å²) in [5.41, 5.74) is 3.42. The molecule has 0 unspecified atom stereocenters. The molecule has 0 atom stereocenters. The van der Waals surface area contributed by atoms with Gasteiger partial charge in [-0.05, 0) is 48.9 Å². The second-order valence-corrected chi connectivity index (χ2v) is 6.48. The molecule has 0 saturated carbocycles. The van der Waals surface area contributed by atoms with Crippen molar-refractivity contribution in [2.45, 2.75) is 6.92 Å². The molecule has 0 aliphatic heterocycles. The van der Waals surface area contributed by atoms with E-state index >= 15 is 0 Å². The average Bonchev–Trinajstić information content (AvgIpc) is 3.10. The molecule has 0 saturated heterocycles. The number of benzene rings is 3. The molecule has 7 heteroatoms. The average molecular weight is 397 g/mol. The number of carbonyl (C=O) groups is 2. The molecule has 146 valence electrons. The lowest BCUT2D eigenvalue weighted by Crippen LogP contribution is -2.03. The van der Waals surface area contributed by atoms with E-state index in [-0.39, 0.29) is 11.1 Å². The van der Waals surface area contributed by atoms with Gasteiger partial charge in [0.1, 0.15) is 12.1 Å². The highest BCUT2D eigenvalue weighted by molar-refractivity contribution is 6.08. The number of carboxylic acids is 2. The van der Waals surface area contributed by atoms with Crippen LogP contribution in [0.2, 0.25) is 0 Å². The molecule has 4 rings (SSSR count). The molecule has 7 nitrogen and oxygen atoms in total. The van der Waals surface area contributed by atoms with Crippen molar-refractivity contribution in [3.8, 4) is 12.1 Å². The van der Waals surface area contributed by atoms with E-state index in [0.717, 1.165) is 21.8 Å². The van der Waals surface area contributed by atoms with Crippen LogP contribution in [0.1, 0.15) is 37.4 Å². The van der Waals surface area contributed by atoms with Crippen LogP contribution in [-0.2, 0) is 0 Å². The highest BCUT2D eigenvalue weighted by atomic mass is 16.4. The van der Waals surface area contributed by atoms with Gasteiger partial charge < -0.3 is 15.2 Å². The lowest BCUT2D eigenvalue weighted by molar-refractivity contribution is 0.0680. The van der Waals surface area contributed by atoms with Gasteiger partial charge >= 0.3 is 11.9 Å².